The predicted molar refractivity (Wildman–Crippen MR) is 76.3 cm³/mol. The summed E-state index contributed by atoms with van der Waals surface area (Å²) < 4.78 is 26.5. The number of halogens is 2. The maximum absolute atomic E-state index is 13.3. The van der Waals surface area contributed by atoms with E-state index in [9.17, 15) is 13.9 Å². The minimum absolute atomic E-state index is 0.304. The number of hydrogen-bond donors (Lipinski definition) is 1. The molecule has 0 spiro atoms. The third kappa shape index (κ3) is 3.66. The molecule has 0 heterocycles. The number of aliphatic hydroxyl groups is 1. The van der Waals surface area contributed by atoms with Gasteiger partial charge in [0.15, 0.2) is 0 Å². The summed E-state index contributed by atoms with van der Waals surface area (Å²) in [4.78, 5) is 0. The van der Waals surface area contributed by atoms with E-state index in [1.807, 2.05) is 6.08 Å². The van der Waals surface area contributed by atoms with E-state index in [4.69, 9.17) is 0 Å². The van der Waals surface area contributed by atoms with Crippen molar-refractivity contribution in [2.24, 2.45) is 5.92 Å². The van der Waals surface area contributed by atoms with Crippen LogP contribution in [-0.4, -0.2) is 5.11 Å². The van der Waals surface area contributed by atoms with Gasteiger partial charge in [-0.3, -0.25) is 0 Å². The molecule has 110 valence electrons. The molecule has 2 rings (SSSR count). The van der Waals surface area contributed by atoms with Crippen molar-refractivity contribution in [3.8, 4) is 0 Å². The van der Waals surface area contributed by atoms with Gasteiger partial charge in [0.2, 0.25) is 0 Å². The molecule has 0 radical (unpaired) electrons. The van der Waals surface area contributed by atoms with E-state index in [2.05, 4.69) is 6.92 Å². The van der Waals surface area contributed by atoms with Crippen LogP contribution in [0.5, 0.6) is 0 Å². The Labute approximate surface area is 119 Å². The SMILES string of the molecule is CCCCCC1C=CC(O)(c2cc(F)cc(F)c2)CC1. The lowest BCUT2D eigenvalue weighted by Crippen LogP contribution is -2.27. The minimum Gasteiger partial charge on any atom is -0.381 e. The first-order valence-corrected chi connectivity index (χ1v) is 7.42. The van der Waals surface area contributed by atoms with E-state index < -0.39 is 17.2 Å². The van der Waals surface area contributed by atoms with Gasteiger partial charge in [0, 0.05) is 6.07 Å². The van der Waals surface area contributed by atoms with E-state index in [1.54, 1.807) is 6.08 Å². The molecule has 0 aromatic heterocycles. The van der Waals surface area contributed by atoms with Crippen LogP contribution < -0.4 is 0 Å². The maximum Gasteiger partial charge on any atom is 0.126 e. The van der Waals surface area contributed by atoms with Crippen molar-refractivity contribution in [1.82, 2.24) is 0 Å². The Bertz CT molecular complexity index is 464. The fourth-order valence-electron chi connectivity index (χ4n) is 2.82. The number of allylic oxidation sites excluding steroid dienone is 1. The van der Waals surface area contributed by atoms with Crippen LogP contribution in [0, 0.1) is 17.6 Å². The smallest absolute Gasteiger partial charge is 0.126 e. The van der Waals surface area contributed by atoms with Gasteiger partial charge >= 0.3 is 0 Å². The highest BCUT2D eigenvalue weighted by Crippen LogP contribution is 2.36. The predicted octanol–water partition coefficient (Wildman–Crippen LogP) is 4.70. The first-order chi connectivity index (χ1) is 9.53. The third-order valence-corrected chi connectivity index (χ3v) is 4.08. The Morgan fingerprint density at radius 2 is 1.90 bits per heavy atom. The quantitative estimate of drug-likeness (QED) is 0.612. The van der Waals surface area contributed by atoms with E-state index in [0.717, 1.165) is 18.9 Å². The van der Waals surface area contributed by atoms with Gasteiger partial charge in [-0.1, -0.05) is 38.3 Å². The molecule has 2 atom stereocenters. The zero-order valence-electron chi connectivity index (χ0n) is 11.9. The second-order valence-electron chi connectivity index (χ2n) is 5.74. The topological polar surface area (TPSA) is 20.2 Å². The molecule has 1 aliphatic rings. The number of benzene rings is 1. The molecule has 0 amide bonds. The number of unbranched alkanes of at least 4 members (excludes halogenated alkanes) is 2. The van der Waals surface area contributed by atoms with Crippen LogP contribution in [-0.2, 0) is 5.60 Å². The lowest BCUT2D eigenvalue weighted by Gasteiger charge is -2.31. The summed E-state index contributed by atoms with van der Waals surface area (Å²) in [5, 5.41) is 10.6. The van der Waals surface area contributed by atoms with Crippen LogP contribution in [0.4, 0.5) is 8.78 Å². The van der Waals surface area contributed by atoms with Crippen molar-refractivity contribution in [3.63, 3.8) is 0 Å². The molecule has 0 aliphatic heterocycles. The normalized spacial score (nSPS) is 25.9. The second kappa shape index (κ2) is 6.49. The van der Waals surface area contributed by atoms with Gasteiger partial charge in [0.1, 0.15) is 17.2 Å². The van der Waals surface area contributed by atoms with Crippen LogP contribution >= 0.6 is 0 Å². The second-order valence-corrected chi connectivity index (χ2v) is 5.74. The van der Waals surface area contributed by atoms with Crippen LogP contribution in [0.25, 0.3) is 0 Å². The molecular formula is C17H22F2O. The van der Waals surface area contributed by atoms with Gasteiger partial charge in [0.25, 0.3) is 0 Å². The zero-order valence-corrected chi connectivity index (χ0v) is 11.9. The Hall–Kier alpha value is -1.22. The highest BCUT2D eigenvalue weighted by Gasteiger charge is 2.31. The molecule has 1 nitrogen and oxygen atoms in total. The summed E-state index contributed by atoms with van der Waals surface area (Å²) in [6, 6.07) is 3.25. The Morgan fingerprint density at radius 1 is 1.20 bits per heavy atom. The average molecular weight is 280 g/mol. The first kappa shape index (κ1) is 15.2. The standard InChI is InChI=1S/C17H22F2O/c1-2-3-4-5-13-6-8-17(20,9-7-13)14-10-15(18)12-16(19)11-14/h6,8,10-13,20H,2-5,7,9H2,1H3. The van der Waals surface area contributed by atoms with Crippen LogP contribution in [0.3, 0.4) is 0 Å². The monoisotopic (exact) mass is 280 g/mol. The minimum atomic E-state index is -1.23. The molecule has 1 aromatic rings. The summed E-state index contributed by atoms with van der Waals surface area (Å²) in [7, 11) is 0. The maximum atomic E-state index is 13.3. The third-order valence-electron chi connectivity index (χ3n) is 4.08. The molecule has 1 aliphatic carbocycles. The van der Waals surface area contributed by atoms with Gasteiger partial charge in [0.05, 0.1) is 0 Å². The molecule has 0 saturated heterocycles. The van der Waals surface area contributed by atoms with Gasteiger partial charge in [-0.25, -0.2) is 8.78 Å². The number of rotatable bonds is 5. The van der Waals surface area contributed by atoms with Crippen LogP contribution in [0.2, 0.25) is 0 Å². The fourth-order valence-corrected chi connectivity index (χ4v) is 2.82. The van der Waals surface area contributed by atoms with Gasteiger partial charge in [-0.05, 0) is 42.9 Å². The molecule has 2 unspecified atom stereocenters. The van der Waals surface area contributed by atoms with Crippen molar-refractivity contribution < 1.29 is 13.9 Å². The molecular weight excluding hydrogens is 258 g/mol. The van der Waals surface area contributed by atoms with Crippen molar-refractivity contribution in [3.05, 3.63) is 47.5 Å². The van der Waals surface area contributed by atoms with Crippen molar-refractivity contribution >= 4 is 0 Å². The molecule has 1 N–H and O–H groups in total. The molecule has 0 saturated carbocycles. The van der Waals surface area contributed by atoms with Crippen molar-refractivity contribution in [1.29, 1.82) is 0 Å². The summed E-state index contributed by atoms with van der Waals surface area (Å²) in [6.07, 6.45) is 9.82. The lowest BCUT2D eigenvalue weighted by molar-refractivity contribution is 0.0648. The molecule has 3 heteroatoms. The summed E-state index contributed by atoms with van der Waals surface area (Å²) >= 11 is 0. The van der Waals surface area contributed by atoms with Crippen LogP contribution in [0.15, 0.2) is 30.4 Å². The van der Waals surface area contributed by atoms with Gasteiger partial charge in [-0.2, -0.15) is 0 Å². The summed E-state index contributed by atoms with van der Waals surface area (Å²) in [6.45, 7) is 2.17. The fraction of sp³-hybridized carbons (Fsp3) is 0.529. The summed E-state index contributed by atoms with van der Waals surface area (Å²) in [5.41, 5.74) is -0.928. The van der Waals surface area contributed by atoms with E-state index in [-0.39, 0.29) is 0 Å². The van der Waals surface area contributed by atoms with E-state index in [1.165, 1.54) is 31.4 Å². The van der Waals surface area contributed by atoms with E-state index >= 15 is 0 Å². The average Bonchev–Trinajstić information content (AvgIpc) is 2.40. The molecule has 0 bridgehead atoms. The Morgan fingerprint density at radius 3 is 2.45 bits per heavy atom. The first-order valence-electron chi connectivity index (χ1n) is 7.42. The van der Waals surface area contributed by atoms with Gasteiger partial charge < -0.3 is 5.11 Å². The van der Waals surface area contributed by atoms with E-state index in [0.29, 0.717) is 17.9 Å². The molecule has 0 fully saturated rings. The highest BCUT2D eigenvalue weighted by molar-refractivity contribution is 5.30. The number of hydrogen-bond acceptors (Lipinski definition) is 1. The molecule has 1 aromatic carbocycles. The van der Waals surface area contributed by atoms with Crippen molar-refractivity contribution in [2.75, 3.05) is 0 Å². The summed E-state index contributed by atoms with van der Waals surface area (Å²) in [5.74, 6) is -0.820. The van der Waals surface area contributed by atoms with Crippen molar-refractivity contribution in [2.45, 2.75) is 51.0 Å². The van der Waals surface area contributed by atoms with Crippen LogP contribution in [0.1, 0.15) is 51.0 Å². The Kier molecular flexibility index (Phi) is 4.92. The largest absolute Gasteiger partial charge is 0.381 e. The molecule has 20 heavy (non-hydrogen) atoms. The highest BCUT2D eigenvalue weighted by atomic mass is 19.1. The zero-order chi connectivity index (χ0) is 14.6. The van der Waals surface area contributed by atoms with Gasteiger partial charge in [-0.15, -0.1) is 0 Å². The Balaban J connectivity index is 2.07. The lowest BCUT2D eigenvalue weighted by atomic mass is 9.79.